The molecule has 0 saturated heterocycles. The second kappa shape index (κ2) is 19.2. The summed E-state index contributed by atoms with van der Waals surface area (Å²) in [6.07, 6.45) is 25.5. The Morgan fingerprint density at radius 1 is 0.552 bits per heavy atom. The van der Waals surface area contributed by atoms with Crippen LogP contribution in [0.2, 0.25) is 0 Å². The van der Waals surface area contributed by atoms with Gasteiger partial charge in [0.25, 0.3) is 0 Å². The summed E-state index contributed by atoms with van der Waals surface area (Å²) in [5.74, 6) is 1.28. The summed E-state index contributed by atoms with van der Waals surface area (Å²) in [6, 6.07) is 0. The van der Waals surface area contributed by atoms with E-state index in [2.05, 4.69) is 36.4 Å². The topological polar surface area (TPSA) is 30.9 Å². The van der Waals surface area contributed by atoms with Gasteiger partial charge in [0.1, 0.15) is 5.84 Å². The van der Waals surface area contributed by atoms with Crippen LogP contribution in [0.15, 0.2) is 5.10 Å². The van der Waals surface area contributed by atoms with Crippen molar-refractivity contribution in [1.82, 2.24) is 15.7 Å². The summed E-state index contributed by atoms with van der Waals surface area (Å²) in [7, 11) is 0. The Kier molecular flexibility index (Phi) is 17.4. The monoisotopic (exact) mass is 408 g/mol. The molecule has 0 atom stereocenters. The first kappa shape index (κ1) is 26.3. The largest absolute Gasteiger partial charge is 0.272 e. The minimum absolute atomic E-state index is 1.09. The third-order valence-corrected chi connectivity index (χ3v) is 6.08. The Hall–Kier alpha value is -0.770. The third-order valence-electron chi connectivity index (χ3n) is 6.08. The predicted molar refractivity (Wildman–Crippen MR) is 129 cm³/mol. The van der Waals surface area contributed by atoms with Gasteiger partial charge in [-0.05, 0) is 19.3 Å². The molecule has 0 bridgehead atoms. The van der Waals surface area contributed by atoms with E-state index in [1.165, 1.54) is 121 Å². The molecule has 0 saturated carbocycles. The normalized spacial score (nSPS) is 14.4. The molecule has 4 heteroatoms. The van der Waals surface area contributed by atoms with Crippen molar-refractivity contribution < 1.29 is 0 Å². The number of amidine groups is 1. The lowest BCUT2D eigenvalue weighted by Crippen LogP contribution is -2.46. The molecule has 0 unspecified atom stereocenters. The number of nitrogens with zero attached hydrogens (tertiary/aromatic N) is 3. The van der Waals surface area contributed by atoms with Crippen molar-refractivity contribution in [2.45, 2.75) is 143 Å². The SMILES string of the molecule is CCCCCCCCC1=NNN(CCCCCCCC)N1CCCCCCCC. The molecule has 0 aromatic heterocycles. The highest BCUT2D eigenvalue weighted by atomic mass is 15.9. The van der Waals surface area contributed by atoms with E-state index in [0.717, 1.165) is 19.5 Å². The summed E-state index contributed by atoms with van der Waals surface area (Å²) >= 11 is 0. The molecule has 0 aliphatic carbocycles. The first-order valence-electron chi connectivity index (χ1n) is 13.2. The van der Waals surface area contributed by atoms with Gasteiger partial charge >= 0.3 is 0 Å². The van der Waals surface area contributed by atoms with Crippen molar-refractivity contribution in [1.29, 1.82) is 0 Å². The Bertz CT molecular complexity index is 383. The average molecular weight is 409 g/mol. The number of rotatable bonds is 21. The van der Waals surface area contributed by atoms with E-state index < -0.39 is 0 Å². The summed E-state index contributed by atoms with van der Waals surface area (Å²) in [5, 5.41) is 9.48. The molecule has 1 N–H and O–H groups in total. The van der Waals surface area contributed by atoms with Gasteiger partial charge in [0, 0.05) is 19.5 Å². The zero-order chi connectivity index (χ0) is 21.0. The number of unbranched alkanes of at least 4 members (excludes halogenated alkanes) is 15. The summed E-state index contributed by atoms with van der Waals surface area (Å²) in [5.41, 5.74) is 3.33. The third kappa shape index (κ3) is 13.2. The molecule has 0 aromatic carbocycles. The fraction of sp³-hybridized carbons (Fsp3) is 0.960. The van der Waals surface area contributed by atoms with Gasteiger partial charge in [0.2, 0.25) is 0 Å². The molecule has 0 aromatic rings. The summed E-state index contributed by atoms with van der Waals surface area (Å²) in [4.78, 5) is 0. The highest BCUT2D eigenvalue weighted by Gasteiger charge is 2.24. The number of hydrazone groups is 1. The van der Waals surface area contributed by atoms with E-state index in [-0.39, 0.29) is 0 Å². The maximum atomic E-state index is 4.71. The lowest BCUT2D eigenvalue weighted by molar-refractivity contribution is 0.0110. The number of hydrazine groups is 2. The lowest BCUT2D eigenvalue weighted by atomic mass is 10.1. The molecular formula is C25H52N4. The van der Waals surface area contributed by atoms with E-state index >= 15 is 0 Å². The van der Waals surface area contributed by atoms with Crippen LogP contribution in [0.4, 0.5) is 0 Å². The van der Waals surface area contributed by atoms with Crippen LogP contribution in [0.1, 0.15) is 143 Å². The molecule has 1 rings (SSSR count). The molecule has 29 heavy (non-hydrogen) atoms. The van der Waals surface area contributed by atoms with Crippen LogP contribution in [0.3, 0.4) is 0 Å². The molecule has 172 valence electrons. The Morgan fingerprint density at radius 2 is 1.00 bits per heavy atom. The van der Waals surface area contributed by atoms with Crippen LogP contribution in [0, 0.1) is 0 Å². The molecule has 1 heterocycles. The van der Waals surface area contributed by atoms with Crippen LogP contribution in [-0.4, -0.2) is 29.1 Å². The van der Waals surface area contributed by atoms with Crippen molar-refractivity contribution in [2.75, 3.05) is 13.1 Å². The van der Waals surface area contributed by atoms with Crippen LogP contribution >= 0.6 is 0 Å². The first-order valence-corrected chi connectivity index (χ1v) is 13.2. The summed E-state index contributed by atoms with van der Waals surface area (Å²) < 4.78 is 0. The van der Waals surface area contributed by atoms with Gasteiger partial charge in [-0.15, -0.1) is 10.2 Å². The Balaban J connectivity index is 2.31. The van der Waals surface area contributed by atoms with Crippen molar-refractivity contribution >= 4 is 5.84 Å². The van der Waals surface area contributed by atoms with Crippen LogP contribution in [0.5, 0.6) is 0 Å². The second-order valence-corrected chi connectivity index (χ2v) is 8.93. The van der Waals surface area contributed by atoms with E-state index in [4.69, 9.17) is 5.10 Å². The van der Waals surface area contributed by atoms with E-state index in [0.29, 0.717) is 0 Å². The average Bonchev–Trinajstić information content (AvgIpc) is 3.11. The lowest BCUT2D eigenvalue weighted by Gasteiger charge is -2.29. The van der Waals surface area contributed by atoms with Gasteiger partial charge in [0.15, 0.2) is 0 Å². The fourth-order valence-corrected chi connectivity index (χ4v) is 4.12. The van der Waals surface area contributed by atoms with Crippen molar-refractivity contribution in [2.24, 2.45) is 5.10 Å². The molecule has 0 radical (unpaired) electrons. The number of hydrogen-bond acceptors (Lipinski definition) is 4. The first-order chi connectivity index (χ1) is 14.3. The molecule has 4 nitrogen and oxygen atoms in total. The smallest absolute Gasteiger partial charge is 0.142 e. The van der Waals surface area contributed by atoms with Crippen molar-refractivity contribution in [3.8, 4) is 0 Å². The molecule has 1 aliphatic rings. The van der Waals surface area contributed by atoms with Crippen LogP contribution in [-0.2, 0) is 0 Å². The molecule has 1 aliphatic heterocycles. The quantitative estimate of drug-likeness (QED) is 0.196. The zero-order valence-electron chi connectivity index (χ0n) is 20.2. The molecule has 0 amide bonds. The van der Waals surface area contributed by atoms with E-state index in [1.807, 2.05) is 0 Å². The highest BCUT2D eigenvalue weighted by Crippen LogP contribution is 2.16. The fourth-order valence-electron chi connectivity index (χ4n) is 4.12. The van der Waals surface area contributed by atoms with E-state index in [9.17, 15) is 0 Å². The second-order valence-electron chi connectivity index (χ2n) is 8.93. The van der Waals surface area contributed by atoms with E-state index in [1.54, 1.807) is 0 Å². The van der Waals surface area contributed by atoms with Gasteiger partial charge in [-0.25, -0.2) is 5.53 Å². The molecular weight excluding hydrogens is 356 g/mol. The van der Waals surface area contributed by atoms with Crippen LogP contribution < -0.4 is 5.53 Å². The highest BCUT2D eigenvalue weighted by molar-refractivity contribution is 5.82. The Labute approximate surface area is 182 Å². The maximum Gasteiger partial charge on any atom is 0.142 e. The van der Waals surface area contributed by atoms with Gasteiger partial charge < -0.3 is 0 Å². The summed E-state index contributed by atoms with van der Waals surface area (Å²) in [6.45, 7) is 9.09. The predicted octanol–water partition coefficient (Wildman–Crippen LogP) is 7.81. The minimum Gasteiger partial charge on any atom is -0.272 e. The maximum absolute atomic E-state index is 4.71. The van der Waals surface area contributed by atoms with Gasteiger partial charge in [0.05, 0.1) is 0 Å². The van der Waals surface area contributed by atoms with Crippen molar-refractivity contribution in [3.63, 3.8) is 0 Å². The van der Waals surface area contributed by atoms with Gasteiger partial charge in [-0.2, -0.15) is 0 Å². The van der Waals surface area contributed by atoms with Gasteiger partial charge in [-0.1, -0.05) is 117 Å². The molecule has 0 fully saturated rings. The Morgan fingerprint density at radius 3 is 1.55 bits per heavy atom. The minimum atomic E-state index is 1.09. The van der Waals surface area contributed by atoms with Crippen LogP contribution in [0.25, 0.3) is 0 Å². The number of nitrogens with one attached hydrogen (secondary N) is 1. The number of hydrogen-bond donors (Lipinski definition) is 1. The van der Waals surface area contributed by atoms with Crippen molar-refractivity contribution in [3.05, 3.63) is 0 Å². The van der Waals surface area contributed by atoms with Gasteiger partial charge in [-0.3, -0.25) is 5.01 Å². The zero-order valence-corrected chi connectivity index (χ0v) is 20.2. The molecule has 0 spiro atoms. The standard InChI is InChI=1S/C25H52N4/c1-4-7-10-13-16-19-22-25-26-27-29(24-21-18-15-12-9-6-3)28(25)23-20-17-14-11-8-5-2/h27H,4-24H2,1-3H3.